The van der Waals surface area contributed by atoms with Gasteiger partial charge in [0.25, 0.3) is 0 Å². The number of carboxylic acid groups (broad SMARTS) is 1. The molecule has 0 saturated heterocycles. The van der Waals surface area contributed by atoms with Crippen LogP contribution in [0.3, 0.4) is 0 Å². The van der Waals surface area contributed by atoms with Crippen molar-refractivity contribution in [2.45, 2.75) is 0 Å². The molecule has 1 aromatic rings. The molecule has 0 atom stereocenters. The molecule has 0 fully saturated rings. The first-order valence-electron chi connectivity index (χ1n) is 3.06. The number of carbonyl (C=O) groups is 1. The fraction of sp³-hybridized carbons (Fsp3) is 0. The van der Waals surface area contributed by atoms with Gasteiger partial charge in [-0.05, 0) is 0 Å². The number of carboxylic acids is 1. The van der Waals surface area contributed by atoms with Crippen LogP contribution in [-0.2, 0) is 26.1 Å². The van der Waals surface area contributed by atoms with Crippen LogP contribution in [0.15, 0.2) is 18.2 Å². The van der Waals surface area contributed by atoms with Crippen LogP contribution in [0.25, 0.3) is 0 Å². The van der Waals surface area contributed by atoms with E-state index in [-0.39, 0.29) is 0 Å². The van der Waals surface area contributed by atoms with E-state index in [1.54, 1.807) is 18.2 Å². The Bertz CT molecular complexity index is 298. The van der Waals surface area contributed by atoms with Gasteiger partial charge in [0.2, 0.25) is 0 Å². The van der Waals surface area contributed by atoms with Crippen molar-refractivity contribution in [3.8, 4) is 0 Å². The summed E-state index contributed by atoms with van der Waals surface area (Å²) in [5.74, 6) is -0.866. The van der Waals surface area contributed by atoms with Crippen molar-refractivity contribution in [1.29, 1.82) is 0 Å². The fourth-order valence-electron chi connectivity index (χ4n) is 0.822. The second kappa shape index (κ2) is 3.22. The van der Waals surface area contributed by atoms with E-state index in [0.717, 1.165) is 3.07 Å². The van der Waals surface area contributed by atoms with Gasteiger partial charge in [-0.3, -0.25) is 0 Å². The topological polar surface area (TPSA) is 63.3 Å². The molecule has 0 aliphatic rings. The molecule has 0 spiro atoms. The molecule has 0 unspecified atom stereocenters. The average Bonchev–Trinajstić information content (AvgIpc) is 1.85. The number of rotatable bonds is 1. The Hall–Kier alpha value is -0.575. The Morgan fingerprint density at radius 2 is 2.18 bits per heavy atom. The summed E-state index contributed by atoms with van der Waals surface area (Å²) in [6.07, 6.45) is 0. The quantitative estimate of drug-likeness (QED) is 0.566. The molecule has 0 heterocycles. The summed E-state index contributed by atoms with van der Waals surface area (Å²) in [7, 11) is 0. The summed E-state index contributed by atoms with van der Waals surface area (Å²) in [6.45, 7) is 0. The van der Waals surface area contributed by atoms with Crippen molar-refractivity contribution in [2.24, 2.45) is 0 Å². The van der Waals surface area contributed by atoms with E-state index in [1.807, 2.05) is 0 Å². The van der Waals surface area contributed by atoms with Crippen molar-refractivity contribution in [1.82, 2.24) is 0 Å². The van der Waals surface area contributed by atoms with Crippen molar-refractivity contribution < 1.29 is 36.0 Å². The number of nitrogens with two attached hydrogens (primary N) is 1. The van der Waals surface area contributed by atoms with E-state index >= 15 is 0 Å². The zero-order valence-electron chi connectivity index (χ0n) is 5.87. The molecule has 0 bridgehead atoms. The van der Waals surface area contributed by atoms with Crippen molar-refractivity contribution in [3.63, 3.8) is 0 Å². The Morgan fingerprint density at radius 1 is 1.55 bits per heavy atom. The summed E-state index contributed by atoms with van der Waals surface area (Å²) in [5.41, 5.74) is 6.50. The molecule has 0 radical (unpaired) electrons. The second-order valence-corrected chi connectivity index (χ2v) is 5.18. The third-order valence-corrected chi connectivity index (χ3v) is 3.63. The molecule has 0 saturated carbocycles. The van der Waals surface area contributed by atoms with Crippen LogP contribution in [0.4, 0.5) is 5.69 Å². The molecular weight excluding hydrogens is 331 g/mol. The van der Waals surface area contributed by atoms with E-state index in [2.05, 4.69) is 0 Å². The Labute approximate surface area is 80.2 Å². The van der Waals surface area contributed by atoms with Gasteiger partial charge < -0.3 is 0 Å². The van der Waals surface area contributed by atoms with Crippen molar-refractivity contribution in [2.75, 3.05) is 5.73 Å². The molecule has 11 heavy (non-hydrogen) atoms. The zero-order chi connectivity index (χ0) is 8.43. The van der Waals surface area contributed by atoms with Gasteiger partial charge in [0, 0.05) is 0 Å². The molecule has 1 rings (SSSR count). The molecule has 3 nitrogen and oxygen atoms in total. The van der Waals surface area contributed by atoms with E-state index in [0.29, 0.717) is 37.4 Å². The Balaban J connectivity index is 3.20. The third-order valence-electron chi connectivity index (χ3n) is 1.36. The predicted octanol–water partition coefficient (Wildman–Crippen LogP) is 0.139. The van der Waals surface area contributed by atoms with Gasteiger partial charge in [-0.15, -0.1) is 0 Å². The number of hydrogen-bond acceptors (Lipinski definition) is 2. The number of anilines is 1. The van der Waals surface area contributed by atoms with Gasteiger partial charge in [0.15, 0.2) is 0 Å². The monoisotopic (exact) mass is 338 g/mol. The van der Waals surface area contributed by atoms with E-state index in [1.165, 1.54) is 0 Å². The Kier molecular flexibility index (Phi) is 2.49. The van der Waals surface area contributed by atoms with Crippen LogP contribution in [0.2, 0.25) is 0 Å². The normalized spacial score (nSPS) is 9.64. The minimum atomic E-state index is -0.866. The molecule has 0 amide bonds. The van der Waals surface area contributed by atoms with Crippen LogP contribution < -0.4 is 8.81 Å². The summed E-state index contributed by atoms with van der Waals surface area (Å²) in [6, 6.07) is 4.90. The van der Waals surface area contributed by atoms with E-state index < -0.39 is 5.97 Å². The van der Waals surface area contributed by atoms with Gasteiger partial charge in [-0.25, -0.2) is 0 Å². The number of hydrogen-bond donors (Lipinski definition) is 2. The molecule has 0 aliphatic carbocycles. The predicted molar refractivity (Wildman–Crippen MR) is 37.4 cm³/mol. The number of aromatic carboxylic acids is 1. The molecule has 0 aliphatic heterocycles. The van der Waals surface area contributed by atoms with E-state index in [9.17, 15) is 4.79 Å². The standard InChI is InChI=1S/C7H6NO2.Hg/c8-6-3-1-5(2-4-6)7(9)10;/h1,3-4H,8H2,(H,9,10);. The van der Waals surface area contributed by atoms with Crippen molar-refractivity contribution >= 4 is 14.7 Å². The molecule has 1 aromatic carbocycles. The average molecular weight is 337 g/mol. The molecule has 4 heteroatoms. The molecular formula is C7H6HgNO2. The van der Waals surface area contributed by atoms with Crippen LogP contribution in [-0.4, -0.2) is 11.1 Å². The summed E-state index contributed by atoms with van der Waals surface area (Å²) in [4.78, 5) is 10.5. The van der Waals surface area contributed by atoms with Crippen LogP contribution in [0.5, 0.6) is 0 Å². The van der Waals surface area contributed by atoms with Crippen molar-refractivity contribution in [3.05, 3.63) is 23.8 Å². The third kappa shape index (κ3) is 1.93. The number of nitrogen functional groups attached to an aromatic ring is 1. The maximum atomic E-state index is 10.5. The second-order valence-electron chi connectivity index (χ2n) is 2.22. The van der Waals surface area contributed by atoms with Gasteiger partial charge >= 0.3 is 80.2 Å². The first-order valence-corrected chi connectivity index (χ1v) is 5.81. The van der Waals surface area contributed by atoms with Gasteiger partial charge in [0.05, 0.1) is 0 Å². The van der Waals surface area contributed by atoms with E-state index in [4.69, 9.17) is 10.8 Å². The summed E-state index contributed by atoms with van der Waals surface area (Å²) < 4.78 is 0.887. The maximum absolute atomic E-state index is 10.5. The Morgan fingerprint density at radius 3 is 2.64 bits per heavy atom. The SMILES string of the molecule is Nc1ccc(C(=O)O)[c]([Hg])c1. The minimum absolute atomic E-state index is 0.307. The van der Waals surface area contributed by atoms with Crippen LogP contribution in [0, 0.1) is 0 Å². The first kappa shape index (κ1) is 8.52. The molecule has 3 N–H and O–H groups in total. The summed E-state index contributed by atoms with van der Waals surface area (Å²) in [5, 5.41) is 8.65. The first-order chi connectivity index (χ1) is 5.11. The fourth-order valence-corrected chi connectivity index (χ4v) is 2.78. The molecule has 53 valence electrons. The van der Waals surface area contributed by atoms with Crippen LogP contribution >= 0.6 is 0 Å². The van der Waals surface area contributed by atoms with Gasteiger partial charge in [-0.2, -0.15) is 0 Å². The van der Waals surface area contributed by atoms with Crippen LogP contribution in [0.1, 0.15) is 10.4 Å². The number of benzene rings is 1. The summed E-state index contributed by atoms with van der Waals surface area (Å²) >= 11 is 0.307. The zero-order valence-corrected chi connectivity index (χ0v) is 11.4. The van der Waals surface area contributed by atoms with Gasteiger partial charge in [-0.1, -0.05) is 0 Å². The molecule has 0 aromatic heterocycles. The van der Waals surface area contributed by atoms with Gasteiger partial charge in [0.1, 0.15) is 0 Å².